The van der Waals surface area contributed by atoms with Crippen LogP contribution in [0.2, 0.25) is 0 Å². The first-order chi connectivity index (χ1) is 11.5. The van der Waals surface area contributed by atoms with Crippen LogP contribution in [0.15, 0.2) is 24.3 Å². The van der Waals surface area contributed by atoms with Crippen LogP contribution in [-0.2, 0) is 4.79 Å². The second-order valence-corrected chi connectivity index (χ2v) is 8.00. The van der Waals surface area contributed by atoms with Gasteiger partial charge in [0.2, 0.25) is 0 Å². The van der Waals surface area contributed by atoms with Crippen LogP contribution in [0.25, 0.3) is 0 Å². The van der Waals surface area contributed by atoms with Gasteiger partial charge in [-0.05, 0) is 44.0 Å². The van der Waals surface area contributed by atoms with Crippen molar-refractivity contribution in [2.45, 2.75) is 45.3 Å². The molecule has 136 valence electrons. The van der Waals surface area contributed by atoms with Gasteiger partial charge in [0.1, 0.15) is 18.1 Å². The monoisotopic (exact) mass is 351 g/mol. The van der Waals surface area contributed by atoms with E-state index in [1.807, 2.05) is 38.0 Å². The summed E-state index contributed by atoms with van der Waals surface area (Å²) in [6.45, 7) is 7.93. The van der Waals surface area contributed by atoms with Crippen LogP contribution in [0.5, 0.6) is 5.75 Å². The van der Waals surface area contributed by atoms with Crippen LogP contribution < -0.4 is 4.74 Å². The average molecular weight is 352 g/mol. The Balaban J connectivity index is 2.66. The Morgan fingerprint density at radius 2 is 1.88 bits per heavy atom. The minimum absolute atomic E-state index is 0.170. The van der Waals surface area contributed by atoms with E-state index < -0.39 is 0 Å². The van der Waals surface area contributed by atoms with Gasteiger partial charge in [-0.2, -0.15) is 11.8 Å². The number of Topliss-reactive ketones (excluding diaryl/α,β-unsaturated/α-hetero) is 1. The van der Waals surface area contributed by atoms with Crippen molar-refractivity contribution in [1.82, 2.24) is 4.90 Å². The maximum absolute atomic E-state index is 12.4. The molecular weight excluding hydrogens is 318 g/mol. The highest BCUT2D eigenvalue weighted by molar-refractivity contribution is 7.99. The summed E-state index contributed by atoms with van der Waals surface area (Å²) in [7, 11) is 4.07. The fourth-order valence-corrected chi connectivity index (χ4v) is 3.61. The van der Waals surface area contributed by atoms with E-state index in [-0.39, 0.29) is 11.2 Å². The standard InChI is InChI=1S/C20H33NO2S/c1-6-8-16(3)19(22)15-20(24-7-2)17-9-11-18(12-10-17)23-14-13-21(4)5/h9-12,16,20H,6-8,13-15H2,1-5H3. The summed E-state index contributed by atoms with van der Waals surface area (Å²) in [6, 6.07) is 8.26. The van der Waals surface area contributed by atoms with E-state index in [9.17, 15) is 4.79 Å². The minimum atomic E-state index is 0.170. The maximum Gasteiger partial charge on any atom is 0.137 e. The number of likely N-dealkylation sites (N-methyl/N-ethyl adjacent to an activating group) is 1. The zero-order chi connectivity index (χ0) is 17.9. The molecule has 1 aromatic rings. The van der Waals surface area contributed by atoms with E-state index in [2.05, 4.69) is 37.8 Å². The molecule has 0 amide bonds. The number of hydrogen-bond donors (Lipinski definition) is 0. The van der Waals surface area contributed by atoms with E-state index >= 15 is 0 Å². The molecule has 24 heavy (non-hydrogen) atoms. The quantitative estimate of drug-likeness (QED) is 0.540. The van der Waals surface area contributed by atoms with E-state index in [4.69, 9.17) is 4.74 Å². The zero-order valence-electron chi connectivity index (χ0n) is 15.9. The average Bonchev–Trinajstić information content (AvgIpc) is 2.55. The van der Waals surface area contributed by atoms with E-state index in [1.165, 1.54) is 5.56 Å². The number of hydrogen-bond acceptors (Lipinski definition) is 4. The first-order valence-corrected chi connectivity index (χ1v) is 10.0. The van der Waals surface area contributed by atoms with E-state index in [1.54, 1.807) is 0 Å². The summed E-state index contributed by atoms with van der Waals surface area (Å²) < 4.78 is 5.75. The lowest BCUT2D eigenvalue weighted by Crippen LogP contribution is -2.19. The molecule has 0 N–H and O–H groups in total. The van der Waals surface area contributed by atoms with Crippen molar-refractivity contribution in [3.8, 4) is 5.75 Å². The highest BCUT2D eigenvalue weighted by Crippen LogP contribution is 2.34. The van der Waals surface area contributed by atoms with Crippen LogP contribution in [-0.4, -0.2) is 43.7 Å². The number of ketones is 1. The van der Waals surface area contributed by atoms with E-state index in [0.29, 0.717) is 18.8 Å². The summed E-state index contributed by atoms with van der Waals surface area (Å²) in [5.74, 6) is 2.46. The molecule has 2 atom stereocenters. The Morgan fingerprint density at radius 3 is 2.42 bits per heavy atom. The molecule has 4 heteroatoms. The summed E-state index contributed by atoms with van der Waals surface area (Å²) in [5.41, 5.74) is 1.22. The number of carbonyl (C=O) groups excluding carboxylic acids is 1. The molecule has 0 aromatic heterocycles. The van der Waals surface area contributed by atoms with Crippen molar-refractivity contribution in [3.05, 3.63) is 29.8 Å². The number of nitrogens with zero attached hydrogens (tertiary/aromatic N) is 1. The molecule has 0 aliphatic carbocycles. The Hall–Kier alpha value is -1.00. The first kappa shape index (κ1) is 21.0. The molecule has 0 fully saturated rings. The van der Waals surface area contributed by atoms with Gasteiger partial charge in [-0.1, -0.05) is 39.3 Å². The van der Waals surface area contributed by atoms with Crippen molar-refractivity contribution >= 4 is 17.5 Å². The molecule has 0 aliphatic heterocycles. The van der Waals surface area contributed by atoms with Gasteiger partial charge in [0.25, 0.3) is 0 Å². The maximum atomic E-state index is 12.4. The second kappa shape index (κ2) is 11.5. The van der Waals surface area contributed by atoms with Crippen molar-refractivity contribution in [1.29, 1.82) is 0 Å². The van der Waals surface area contributed by atoms with Crippen LogP contribution in [0.1, 0.15) is 50.8 Å². The van der Waals surface area contributed by atoms with Gasteiger partial charge in [0, 0.05) is 24.1 Å². The van der Waals surface area contributed by atoms with Crippen LogP contribution in [0.4, 0.5) is 0 Å². The topological polar surface area (TPSA) is 29.5 Å². The molecule has 1 rings (SSSR count). The van der Waals surface area contributed by atoms with Crippen molar-refractivity contribution in [2.24, 2.45) is 5.92 Å². The lowest BCUT2D eigenvalue weighted by Gasteiger charge is -2.18. The molecule has 3 nitrogen and oxygen atoms in total. The number of thioether (sulfide) groups is 1. The predicted molar refractivity (Wildman–Crippen MR) is 105 cm³/mol. The fraction of sp³-hybridized carbons (Fsp3) is 0.650. The smallest absolute Gasteiger partial charge is 0.137 e. The third kappa shape index (κ3) is 7.71. The Morgan fingerprint density at radius 1 is 1.21 bits per heavy atom. The number of benzene rings is 1. The molecule has 0 heterocycles. The van der Waals surface area contributed by atoms with Gasteiger partial charge in [-0.25, -0.2) is 0 Å². The zero-order valence-corrected chi connectivity index (χ0v) is 16.7. The van der Waals surface area contributed by atoms with Gasteiger partial charge in [0.15, 0.2) is 0 Å². The van der Waals surface area contributed by atoms with Crippen LogP contribution in [0, 0.1) is 5.92 Å². The Kier molecular flexibility index (Phi) is 10.1. The van der Waals surface area contributed by atoms with Crippen molar-refractivity contribution in [2.75, 3.05) is 33.0 Å². The molecule has 2 unspecified atom stereocenters. The lowest BCUT2D eigenvalue weighted by atomic mass is 9.95. The van der Waals surface area contributed by atoms with Crippen LogP contribution in [0.3, 0.4) is 0 Å². The number of ether oxygens (including phenoxy) is 1. The summed E-state index contributed by atoms with van der Waals surface area (Å²) >= 11 is 1.85. The minimum Gasteiger partial charge on any atom is -0.492 e. The van der Waals surface area contributed by atoms with Crippen molar-refractivity contribution in [3.63, 3.8) is 0 Å². The molecule has 0 bridgehead atoms. The van der Waals surface area contributed by atoms with Crippen LogP contribution >= 0.6 is 11.8 Å². The number of rotatable bonds is 12. The van der Waals surface area contributed by atoms with Gasteiger partial charge >= 0.3 is 0 Å². The second-order valence-electron chi connectivity index (χ2n) is 6.52. The first-order valence-electron chi connectivity index (χ1n) is 8.99. The molecule has 0 radical (unpaired) electrons. The summed E-state index contributed by atoms with van der Waals surface area (Å²) in [5, 5.41) is 0.248. The molecule has 0 aliphatic rings. The van der Waals surface area contributed by atoms with Gasteiger partial charge < -0.3 is 9.64 Å². The molecule has 1 aromatic carbocycles. The highest BCUT2D eigenvalue weighted by atomic mass is 32.2. The SMILES string of the molecule is CCCC(C)C(=O)CC(SCC)c1ccc(OCCN(C)C)cc1. The van der Waals surface area contributed by atoms with Gasteiger partial charge in [-0.15, -0.1) is 0 Å². The molecular formula is C20H33NO2S. The molecule has 0 saturated carbocycles. The third-order valence-electron chi connectivity index (χ3n) is 4.08. The molecule has 0 spiro atoms. The fourth-order valence-electron chi connectivity index (χ4n) is 2.58. The van der Waals surface area contributed by atoms with Gasteiger partial charge in [0.05, 0.1) is 0 Å². The Labute approximate surface area is 152 Å². The lowest BCUT2D eigenvalue weighted by molar-refractivity contribution is -0.122. The Bertz CT molecular complexity index is 473. The van der Waals surface area contributed by atoms with E-state index in [0.717, 1.165) is 30.9 Å². The summed E-state index contributed by atoms with van der Waals surface area (Å²) in [6.07, 6.45) is 2.68. The van der Waals surface area contributed by atoms with Gasteiger partial charge in [-0.3, -0.25) is 4.79 Å². The molecule has 0 saturated heterocycles. The van der Waals surface area contributed by atoms with Crippen molar-refractivity contribution < 1.29 is 9.53 Å². The third-order valence-corrected chi connectivity index (χ3v) is 5.26. The summed E-state index contributed by atoms with van der Waals surface area (Å²) in [4.78, 5) is 14.5. The predicted octanol–water partition coefficient (Wildman–Crippen LogP) is 4.82. The highest BCUT2D eigenvalue weighted by Gasteiger charge is 2.20. The normalized spacial score (nSPS) is 13.8. The largest absolute Gasteiger partial charge is 0.492 e. The number of carbonyl (C=O) groups is 1.